The van der Waals surface area contributed by atoms with Gasteiger partial charge < -0.3 is 10.1 Å². The van der Waals surface area contributed by atoms with Crippen LogP contribution in [0.4, 0.5) is 5.82 Å². The van der Waals surface area contributed by atoms with Crippen LogP contribution >= 0.6 is 35.6 Å². The number of hydrogen-bond donors (Lipinski definition) is 1. The minimum atomic E-state index is -0.737. The number of hydrazine groups is 1. The molecule has 0 atom stereocenters. The van der Waals surface area contributed by atoms with Crippen molar-refractivity contribution in [3.63, 3.8) is 0 Å². The van der Waals surface area contributed by atoms with Gasteiger partial charge in [-0.3, -0.25) is 15.0 Å². The molecule has 1 aliphatic rings. The topological polar surface area (TPSA) is 110 Å². The molecular weight excluding hydrogens is 342 g/mol. The highest BCUT2D eigenvalue weighted by molar-refractivity contribution is 8.23. The summed E-state index contributed by atoms with van der Waals surface area (Å²) in [5.74, 6) is -1.28. The highest BCUT2D eigenvalue weighted by atomic mass is 35.5. The average molecular weight is 350 g/mol. The second-order valence-corrected chi connectivity index (χ2v) is 5.94. The van der Waals surface area contributed by atoms with Gasteiger partial charge in [0, 0.05) is 0 Å². The van der Waals surface area contributed by atoms with Crippen molar-refractivity contribution in [1.29, 1.82) is 0 Å². The maximum absolute atomic E-state index is 11.9. The Labute approximate surface area is 132 Å². The highest BCUT2D eigenvalue weighted by Crippen LogP contribution is 2.26. The Balaban J connectivity index is 2.10. The largest absolute Gasteiger partial charge is 0.408 e. The van der Waals surface area contributed by atoms with Crippen LogP contribution in [0.3, 0.4) is 0 Å². The van der Waals surface area contributed by atoms with E-state index in [0.717, 1.165) is 21.5 Å². The summed E-state index contributed by atoms with van der Waals surface area (Å²) >= 11 is 11.8. The standard InChI is InChI=1S/C9H8ClN5O4S2/c1-4-7(10)8(15(18)19)12-13(4)2-5(16)11-14-6(17)3-21-9(14)20/h2-3H2,1H3,(H,11,16). The fourth-order valence-electron chi connectivity index (χ4n) is 1.54. The summed E-state index contributed by atoms with van der Waals surface area (Å²) < 4.78 is 1.33. The lowest BCUT2D eigenvalue weighted by atomic mass is 10.4. The second-order valence-electron chi connectivity index (χ2n) is 3.96. The average Bonchev–Trinajstić information content (AvgIpc) is 2.86. The lowest BCUT2D eigenvalue weighted by Gasteiger charge is -2.15. The lowest BCUT2D eigenvalue weighted by molar-refractivity contribution is -0.389. The number of nitrogens with zero attached hydrogens (tertiary/aromatic N) is 4. The first-order valence-electron chi connectivity index (χ1n) is 5.47. The summed E-state index contributed by atoms with van der Waals surface area (Å²) in [7, 11) is 0. The number of aromatic nitrogens is 2. The highest BCUT2D eigenvalue weighted by Gasteiger charge is 2.30. The van der Waals surface area contributed by atoms with Gasteiger partial charge in [0.05, 0.1) is 16.5 Å². The van der Waals surface area contributed by atoms with Crippen molar-refractivity contribution in [3.05, 3.63) is 20.8 Å². The Morgan fingerprint density at radius 3 is 2.81 bits per heavy atom. The van der Waals surface area contributed by atoms with Crippen LogP contribution in [-0.4, -0.2) is 41.6 Å². The van der Waals surface area contributed by atoms with E-state index in [0.29, 0.717) is 0 Å². The fraction of sp³-hybridized carbons (Fsp3) is 0.333. The molecule has 2 rings (SSSR count). The SMILES string of the molecule is Cc1c(Cl)c([N+](=O)[O-])nn1CC(=O)NN1C(=O)CSC1=S. The third kappa shape index (κ3) is 3.14. The first-order chi connectivity index (χ1) is 9.81. The molecule has 21 heavy (non-hydrogen) atoms. The molecule has 0 aliphatic carbocycles. The van der Waals surface area contributed by atoms with Gasteiger partial charge >= 0.3 is 5.82 Å². The quantitative estimate of drug-likeness (QED) is 0.482. The first kappa shape index (κ1) is 15.7. The van der Waals surface area contributed by atoms with E-state index in [1.54, 1.807) is 0 Å². The van der Waals surface area contributed by atoms with Crippen molar-refractivity contribution in [2.75, 3.05) is 5.75 Å². The zero-order valence-corrected chi connectivity index (χ0v) is 12.9. The van der Waals surface area contributed by atoms with E-state index < -0.39 is 16.6 Å². The van der Waals surface area contributed by atoms with E-state index in [2.05, 4.69) is 10.5 Å². The summed E-state index contributed by atoms with van der Waals surface area (Å²) in [4.78, 5) is 33.3. The zero-order valence-electron chi connectivity index (χ0n) is 10.5. The summed E-state index contributed by atoms with van der Waals surface area (Å²) in [6.45, 7) is 1.17. The molecule has 0 spiro atoms. The van der Waals surface area contributed by atoms with Crippen LogP contribution in [0.2, 0.25) is 5.02 Å². The van der Waals surface area contributed by atoms with Crippen LogP contribution in [0.15, 0.2) is 0 Å². The smallest absolute Gasteiger partial charge is 0.358 e. The number of halogens is 1. The van der Waals surface area contributed by atoms with Crippen molar-refractivity contribution < 1.29 is 14.5 Å². The van der Waals surface area contributed by atoms with E-state index in [-0.39, 0.29) is 33.2 Å². The first-order valence-corrected chi connectivity index (χ1v) is 7.25. The molecule has 1 N–H and O–H groups in total. The Hall–Kier alpha value is -1.72. The Bertz CT molecular complexity index is 645. The maximum Gasteiger partial charge on any atom is 0.408 e. The van der Waals surface area contributed by atoms with Crippen LogP contribution < -0.4 is 5.43 Å². The van der Waals surface area contributed by atoms with Gasteiger partial charge in [-0.2, -0.15) is 4.68 Å². The van der Waals surface area contributed by atoms with Gasteiger partial charge in [-0.1, -0.05) is 35.6 Å². The van der Waals surface area contributed by atoms with Crippen LogP contribution in [0, 0.1) is 17.0 Å². The molecule has 0 aromatic carbocycles. The zero-order chi connectivity index (χ0) is 15.7. The Kier molecular flexibility index (Phi) is 4.44. The van der Waals surface area contributed by atoms with Gasteiger partial charge in [0.1, 0.15) is 6.54 Å². The van der Waals surface area contributed by atoms with Gasteiger partial charge in [0.15, 0.2) is 9.34 Å². The number of thiocarbonyl (C=S) groups is 1. The summed E-state index contributed by atoms with van der Waals surface area (Å²) in [6.07, 6.45) is 0. The molecule has 0 bridgehead atoms. The number of thioether (sulfide) groups is 1. The molecule has 2 heterocycles. The fourth-order valence-corrected chi connectivity index (χ4v) is 2.72. The van der Waals surface area contributed by atoms with Gasteiger partial charge in [0.2, 0.25) is 0 Å². The molecule has 2 amide bonds. The third-order valence-electron chi connectivity index (χ3n) is 2.57. The van der Waals surface area contributed by atoms with Gasteiger partial charge in [-0.05, 0) is 11.8 Å². The Morgan fingerprint density at radius 1 is 1.67 bits per heavy atom. The number of rotatable bonds is 4. The molecule has 0 saturated carbocycles. The number of nitrogens with one attached hydrogen (secondary N) is 1. The molecule has 9 nitrogen and oxygen atoms in total. The predicted molar refractivity (Wildman–Crippen MR) is 78.7 cm³/mol. The predicted octanol–water partition coefficient (Wildman–Crippen LogP) is 0.645. The third-order valence-corrected chi connectivity index (χ3v) is 4.37. The van der Waals surface area contributed by atoms with E-state index >= 15 is 0 Å². The number of carbonyl (C=O) groups excluding carboxylic acids is 2. The minimum Gasteiger partial charge on any atom is -0.358 e. The van der Waals surface area contributed by atoms with Crippen molar-refractivity contribution in [2.45, 2.75) is 13.5 Å². The molecule has 1 aliphatic heterocycles. The summed E-state index contributed by atoms with van der Waals surface area (Å²) in [5, 5.41) is 15.2. The van der Waals surface area contributed by atoms with Crippen molar-refractivity contribution >= 4 is 57.5 Å². The lowest BCUT2D eigenvalue weighted by Crippen LogP contribution is -2.46. The molecule has 12 heteroatoms. The van der Waals surface area contributed by atoms with Crippen LogP contribution in [0.1, 0.15) is 5.69 Å². The molecule has 112 valence electrons. The van der Waals surface area contributed by atoms with Crippen LogP contribution in [-0.2, 0) is 16.1 Å². The molecule has 0 unspecified atom stereocenters. The number of hydrogen-bond acceptors (Lipinski definition) is 7. The Morgan fingerprint density at radius 2 is 2.33 bits per heavy atom. The maximum atomic E-state index is 11.9. The van der Waals surface area contributed by atoms with Crippen molar-refractivity contribution in [3.8, 4) is 0 Å². The molecule has 1 fully saturated rings. The molecule has 1 aromatic heterocycles. The van der Waals surface area contributed by atoms with Gasteiger partial charge in [-0.25, -0.2) is 5.01 Å². The van der Waals surface area contributed by atoms with E-state index in [1.807, 2.05) is 0 Å². The van der Waals surface area contributed by atoms with Gasteiger partial charge in [-0.15, -0.1) is 0 Å². The van der Waals surface area contributed by atoms with E-state index in [9.17, 15) is 19.7 Å². The second kappa shape index (κ2) is 5.95. The molecule has 1 saturated heterocycles. The van der Waals surface area contributed by atoms with Crippen LogP contribution in [0.5, 0.6) is 0 Å². The molecule has 0 radical (unpaired) electrons. The van der Waals surface area contributed by atoms with Crippen molar-refractivity contribution in [1.82, 2.24) is 20.2 Å². The molecule has 1 aromatic rings. The monoisotopic (exact) mass is 349 g/mol. The molecular formula is C9H8ClN5O4S2. The van der Waals surface area contributed by atoms with Crippen molar-refractivity contribution in [2.24, 2.45) is 0 Å². The number of nitro groups is 1. The van der Waals surface area contributed by atoms with E-state index in [1.165, 1.54) is 6.92 Å². The normalized spacial score (nSPS) is 14.7. The van der Waals surface area contributed by atoms with Crippen LogP contribution in [0.25, 0.3) is 0 Å². The van der Waals surface area contributed by atoms with Gasteiger partial charge in [0.25, 0.3) is 11.8 Å². The number of carbonyl (C=O) groups is 2. The minimum absolute atomic E-state index is 0.129. The summed E-state index contributed by atoms with van der Waals surface area (Å²) in [6, 6.07) is 0. The summed E-state index contributed by atoms with van der Waals surface area (Å²) in [5.41, 5.74) is 2.60. The number of amides is 2. The van der Waals surface area contributed by atoms with E-state index in [4.69, 9.17) is 23.8 Å².